The largest absolute Gasteiger partial charge is 0.361 e. The monoisotopic (exact) mass is 462 g/mol. The van der Waals surface area contributed by atoms with Gasteiger partial charge in [-0.25, -0.2) is 9.97 Å². The van der Waals surface area contributed by atoms with Gasteiger partial charge in [0.2, 0.25) is 11.9 Å². The summed E-state index contributed by atoms with van der Waals surface area (Å²) in [7, 11) is 0. The van der Waals surface area contributed by atoms with Crippen molar-refractivity contribution >= 4 is 39.5 Å². The first kappa shape index (κ1) is 22.3. The zero-order valence-electron chi connectivity index (χ0n) is 19.7. The number of hydrogen-bond donors (Lipinski definition) is 3. The number of aromatic amines is 1. The van der Waals surface area contributed by atoms with E-state index in [1.807, 2.05) is 80.7 Å². The molecular weight excluding hydrogens is 436 g/mol. The average molecular weight is 463 g/mol. The van der Waals surface area contributed by atoms with E-state index in [1.54, 1.807) is 0 Å². The number of nitrogens with one attached hydrogen (secondary N) is 3. The van der Waals surface area contributed by atoms with Crippen LogP contribution in [0, 0.1) is 13.8 Å². The first-order valence-electron chi connectivity index (χ1n) is 11.5. The van der Waals surface area contributed by atoms with Crippen molar-refractivity contribution in [1.29, 1.82) is 0 Å². The van der Waals surface area contributed by atoms with Crippen molar-refractivity contribution in [2.24, 2.45) is 4.99 Å². The van der Waals surface area contributed by atoms with E-state index < -0.39 is 0 Å². The molecule has 0 aliphatic heterocycles. The van der Waals surface area contributed by atoms with Gasteiger partial charge in [0.05, 0.1) is 0 Å². The highest BCUT2D eigenvalue weighted by Crippen LogP contribution is 2.19. The lowest BCUT2D eigenvalue weighted by atomic mass is 10.0. The number of aromatic nitrogens is 3. The van der Waals surface area contributed by atoms with Gasteiger partial charge in [-0.2, -0.15) is 0 Å². The van der Waals surface area contributed by atoms with Crippen LogP contribution in [-0.2, 0) is 6.42 Å². The van der Waals surface area contributed by atoms with Gasteiger partial charge in [0.25, 0.3) is 5.91 Å². The van der Waals surface area contributed by atoms with Crippen LogP contribution in [0.3, 0.4) is 0 Å². The lowest BCUT2D eigenvalue weighted by Gasteiger charge is -2.13. The smallest absolute Gasteiger partial charge is 0.258 e. The zero-order chi connectivity index (χ0) is 24.2. The number of anilines is 1. The molecule has 1 amide bonds. The molecule has 0 saturated heterocycles. The Bertz CT molecular complexity index is 1530. The minimum atomic E-state index is -0.246. The standard InChI is InChI=1S/C28H26N6O/c1-18-16-19(2)32-28(31-18)34-27(29-15-14-21-17-30-25-13-6-5-11-23(21)25)33-26(35)24-12-7-9-20-8-3-4-10-22(20)24/h3-13,16-17,30H,14-15H2,1-2H3,(H2,29,31,32,33,34,35). The third-order valence-electron chi connectivity index (χ3n) is 5.80. The van der Waals surface area contributed by atoms with Gasteiger partial charge in [0.15, 0.2) is 0 Å². The number of hydrogen-bond acceptors (Lipinski definition) is 4. The van der Waals surface area contributed by atoms with Crippen molar-refractivity contribution in [2.45, 2.75) is 20.3 Å². The van der Waals surface area contributed by atoms with E-state index in [1.165, 1.54) is 10.9 Å². The molecule has 0 bridgehead atoms. The molecule has 5 rings (SSSR count). The number of amides is 1. The van der Waals surface area contributed by atoms with E-state index in [0.29, 0.717) is 30.4 Å². The number of para-hydroxylation sites is 1. The summed E-state index contributed by atoms with van der Waals surface area (Å²) < 4.78 is 0. The maximum atomic E-state index is 13.3. The Morgan fingerprint density at radius 2 is 1.63 bits per heavy atom. The first-order chi connectivity index (χ1) is 17.1. The fourth-order valence-electron chi connectivity index (χ4n) is 4.22. The molecule has 2 heterocycles. The SMILES string of the molecule is Cc1cc(C)nc(NC(=NCCc2c[nH]c3ccccc23)NC(=O)c2cccc3ccccc23)n1. The summed E-state index contributed by atoms with van der Waals surface area (Å²) in [6.07, 6.45) is 2.72. The van der Waals surface area contributed by atoms with Crippen LogP contribution in [0.5, 0.6) is 0 Å². The Morgan fingerprint density at radius 1 is 0.914 bits per heavy atom. The van der Waals surface area contributed by atoms with Crippen LogP contribution in [-0.4, -0.2) is 33.4 Å². The third kappa shape index (κ3) is 5.04. The third-order valence-corrected chi connectivity index (χ3v) is 5.80. The maximum absolute atomic E-state index is 13.3. The summed E-state index contributed by atoms with van der Waals surface area (Å²) in [6.45, 7) is 4.29. The molecule has 0 fully saturated rings. The molecule has 0 spiro atoms. The zero-order valence-corrected chi connectivity index (χ0v) is 19.7. The summed E-state index contributed by atoms with van der Waals surface area (Å²) in [4.78, 5) is 30.1. The van der Waals surface area contributed by atoms with Gasteiger partial charge in [-0.15, -0.1) is 0 Å². The second-order valence-corrected chi connectivity index (χ2v) is 8.42. The minimum absolute atomic E-state index is 0.246. The summed E-state index contributed by atoms with van der Waals surface area (Å²) in [5, 5.41) is 9.12. The Hall–Kier alpha value is -4.52. The van der Waals surface area contributed by atoms with Crippen molar-refractivity contribution in [3.05, 3.63) is 102 Å². The highest BCUT2D eigenvalue weighted by molar-refractivity contribution is 6.14. The van der Waals surface area contributed by atoms with Crippen LogP contribution < -0.4 is 10.6 Å². The molecule has 5 aromatic rings. The first-order valence-corrected chi connectivity index (χ1v) is 11.5. The molecule has 0 unspecified atom stereocenters. The predicted octanol–water partition coefficient (Wildman–Crippen LogP) is 5.17. The predicted molar refractivity (Wildman–Crippen MR) is 141 cm³/mol. The molecule has 3 aromatic carbocycles. The van der Waals surface area contributed by atoms with Crippen LogP contribution in [0.2, 0.25) is 0 Å². The van der Waals surface area contributed by atoms with Crippen molar-refractivity contribution in [1.82, 2.24) is 20.3 Å². The van der Waals surface area contributed by atoms with E-state index in [0.717, 1.165) is 27.7 Å². The van der Waals surface area contributed by atoms with Crippen molar-refractivity contribution in [3.8, 4) is 0 Å². The lowest BCUT2D eigenvalue weighted by Crippen LogP contribution is -2.37. The van der Waals surface area contributed by atoms with E-state index in [4.69, 9.17) is 0 Å². The molecule has 7 heteroatoms. The van der Waals surface area contributed by atoms with Crippen LogP contribution in [0.4, 0.5) is 5.95 Å². The topological polar surface area (TPSA) is 95.1 Å². The van der Waals surface area contributed by atoms with Gasteiger partial charge in [0, 0.05) is 40.6 Å². The molecular formula is C28H26N6O. The fraction of sp³-hybridized carbons (Fsp3) is 0.143. The molecule has 7 nitrogen and oxygen atoms in total. The Labute approximate surface area is 203 Å². The fourth-order valence-corrected chi connectivity index (χ4v) is 4.22. The molecule has 2 aromatic heterocycles. The van der Waals surface area contributed by atoms with Gasteiger partial charge in [-0.3, -0.25) is 20.4 Å². The van der Waals surface area contributed by atoms with Gasteiger partial charge in [-0.05, 0) is 54.8 Å². The Balaban J connectivity index is 1.41. The molecule has 3 N–H and O–H groups in total. The highest BCUT2D eigenvalue weighted by atomic mass is 16.1. The van der Waals surface area contributed by atoms with Crippen molar-refractivity contribution in [2.75, 3.05) is 11.9 Å². The Morgan fingerprint density at radius 3 is 2.46 bits per heavy atom. The number of carbonyl (C=O) groups excluding carboxylic acids is 1. The van der Waals surface area contributed by atoms with Crippen LogP contribution in [0.1, 0.15) is 27.3 Å². The average Bonchev–Trinajstić information content (AvgIpc) is 3.26. The van der Waals surface area contributed by atoms with Crippen molar-refractivity contribution < 1.29 is 4.79 Å². The number of benzene rings is 3. The summed E-state index contributed by atoms with van der Waals surface area (Å²) >= 11 is 0. The van der Waals surface area contributed by atoms with E-state index >= 15 is 0 Å². The van der Waals surface area contributed by atoms with Gasteiger partial charge in [-0.1, -0.05) is 54.6 Å². The quantitative estimate of drug-likeness (QED) is 0.248. The van der Waals surface area contributed by atoms with Crippen LogP contribution in [0.15, 0.2) is 84.0 Å². The maximum Gasteiger partial charge on any atom is 0.258 e. The summed E-state index contributed by atoms with van der Waals surface area (Å²) in [5.74, 6) is 0.462. The van der Waals surface area contributed by atoms with Gasteiger partial charge in [0.1, 0.15) is 0 Å². The number of aliphatic imine (C=N–C) groups is 1. The van der Waals surface area contributed by atoms with Gasteiger partial charge < -0.3 is 4.98 Å². The summed E-state index contributed by atoms with van der Waals surface area (Å²) in [5.41, 5.74) is 4.51. The molecule has 0 radical (unpaired) electrons. The van der Waals surface area contributed by atoms with Crippen molar-refractivity contribution in [3.63, 3.8) is 0 Å². The molecule has 0 aliphatic rings. The van der Waals surface area contributed by atoms with Gasteiger partial charge >= 0.3 is 0 Å². The molecule has 0 aliphatic carbocycles. The highest BCUT2D eigenvalue weighted by Gasteiger charge is 2.14. The van der Waals surface area contributed by atoms with Crippen LogP contribution >= 0.6 is 0 Å². The van der Waals surface area contributed by atoms with E-state index in [9.17, 15) is 4.79 Å². The normalized spacial score (nSPS) is 11.7. The number of guanidine groups is 1. The molecule has 174 valence electrons. The second-order valence-electron chi connectivity index (χ2n) is 8.42. The summed E-state index contributed by atoms with van der Waals surface area (Å²) in [6, 6.07) is 23.6. The number of rotatable bonds is 5. The Kier molecular flexibility index (Phi) is 6.22. The molecule has 0 saturated carbocycles. The number of carbonyl (C=O) groups is 1. The van der Waals surface area contributed by atoms with Crippen LogP contribution in [0.25, 0.3) is 21.7 Å². The number of aryl methyl sites for hydroxylation is 2. The van der Waals surface area contributed by atoms with E-state index in [2.05, 4.69) is 42.7 Å². The number of nitrogens with zero attached hydrogens (tertiary/aromatic N) is 3. The second kappa shape index (κ2) is 9.77. The minimum Gasteiger partial charge on any atom is -0.361 e. The lowest BCUT2D eigenvalue weighted by molar-refractivity contribution is 0.0978. The number of fused-ring (bicyclic) bond motifs is 2. The molecule has 0 atom stereocenters. The number of H-pyrrole nitrogens is 1. The molecule has 35 heavy (non-hydrogen) atoms. The van der Waals surface area contributed by atoms with E-state index in [-0.39, 0.29) is 5.91 Å².